The van der Waals surface area contributed by atoms with E-state index in [4.69, 9.17) is 5.73 Å². The largest absolute Gasteiger partial charge is 0.350 e. The van der Waals surface area contributed by atoms with Crippen molar-refractivity contribution in [2.75, 3.05) is 5.32 Å². The summed E-state index contributed by atoms with van der Waals surface area (Å²) in [6, 6.07) is 6.91. The molecule has 0 saturated heterocycles. The van der Waals surface area contributed by atoms with Crippen LogP contribution in [0.3, 0.4) is 0 Å². The Kier molecular flexibility index (Phi) is 5.90. The first kappa shape index (κ1) is 17.2. The Bertz CT molecular complexity index is 508. The molecule has 0 aromatic heterocycles. The van der Waals surface area contributed by atoms with Crippen LogP contribution in [0, 0.1) is 0 Å². The maximum atomic E-state index is 12.2. The first-order valence-electron chi connectivity index (χ1n) is 7.33. The number of carbonyl (C=O) groups excluding carboxylic acids is 2. The molecular weight excluding hydrogens is 266 g/mol. The predicted octanol–water partition coefficient (Wildman–Crippen LogP) is 2.28. The number of hydrogen-bond acceptors (Lipinski definition) is 3. The van der Waals surface area contributed by atoms with Crippen molar-refractivity contribution in [3.63, 3.8) is 0 Å². The van der Waals surface area contributed by atoms with Gasteiger partial charge in [0, 0.05) is 17.3 Å². The zero-order valence-electron chi connectivity index (χ0n) is 13.2. The van der Waals surface area contributed by atoms with Gasteiger partial charge in [-0.3, -0.25) is 9.59 Å². The molecule has 116 valence electrons. The Morgan fingerprint density at radius 2 is 1.86 bits per heavy atom. The third kappa shape index (κ3) is 4.56. The molecule has 5 heteroatoms. The summed E-state index contributed by atoms with van der Waals surface area (Å²) in [7, 11) is 0. The highest BCUT2D eigenvalue weighted by Crippen LogP contribution is 2.17. The summed E-state index contributed by atoms with van der Waals surface area (Å²) in [5, 5.41) is 5.60. The average molecular weight is 291 g/mol. The first-order chi connectivity index (χ1) is 9.82. The fourth-order valence-corrected chi connectivity index (χ4v) is 1.91. The normalized spacial score (nSPS) is 11.3. The monoisotopic (exact) mass is 291 g/mol. The summed E-state index contributed by atoms with van der Waals surface area (Å²) in [5.41, 5.74) is 6.27. The third-order valence-corrected chi connectivity index (χ3v) is 3.52. The van der Waals surface area contributed by atoms with Crippen LogP contribution in [0.4, 0.5) is 5.69 Å². The van der Waals surface area contributed by atoms with Crippen molar-refractivity contribution in [3.8, 4) is 0 Å². The summed E-state index contributed by atoms with van der Waals surface area (Å²) in [4.78, 5) is 24.2. The molecular formula is C16H25N3O2. The molecule has 0 bridgehead atoms. The zero-order chi connectivity index (χ0) is 16.0. The molecule has 0 spiro atoms. The van der Waals surface area contributed by atoms with E-state index in [1.165, 1.54) is 0 Å². The highest BCUT2D eigenvalue weighted by atomic mass is 16.2. The minimum absolute atomic E-state index is 0.0626. The van der Waals surface area contributed by atoms with Crippen LogP contribution in [-0.4, -0.2) is 23.4 Å². The van der Waals surface area contributed by atoms with Gasteiger partial charge < -0.3 is 16.4 Å². The fraction of sp³-hybridized carbons (Fsp3) is 0.500. The minimum Gasteiger partial charge on any atom is -0.350 e. The summed E-state index contributed by atoms with van der Waals surface area (Å²) < 4.78 is 0. The Morgan fingerprint density at radius 3 is 2.38 bits per heavy atom. The molecule has 1 rings (SSSR count). The van der Waals surface area contributed by atoms with Crippen LogP contribution in [0.2, 0.25) is 0 Å². The summed E-state index contributed by atoms with van der Waals surface area (Å²) in [5.74, 6) is -0.389. The molecule has 0 radical (unpaired) electrons. The first-order valence-corrected chi connectivity index (χ1v) is 7.33. The van der Waals surface area contributed by atoms with Crippen LogP contribution in [0.15, 0.2) is 24.3 Å². The van der Waals surface area contributed by atoms with Gasteiger partial charge in [0.1, 0.15) is 0 Å². The molecule has 4 N–H and O–H groups in total. The quantitative estimate of drug-likeness (QED) is 0.751. The van der Waals surface area contributed by atoms with Gasteiger partial charge in [-0.2, -0.15) is 0 Å². The van der Waals surface area contributed by atoms with E-state index in [0.717, 1.165) is 0 Å². The molecule has 21 heavy (non-hydrogen) atoms. The molecule has 0 atom stereocenters. The molecule has 0 aliphatic carbocycles. The molecule has 0 aliphatic heterocycles. The van der Waals surface area contributed by atoms with E-state index in [1.54, 1.807) is 24.3 Å². The lowest BCUT2D eigenvalue weighted by Crippen LogP contribution is -2.50. The van der Waals surface area contributed by atoms with Gasteiger partial charge in [0.05, 0.1) is 5.54 Å². The van der Waals surface area contributed by atoms with Crippen molar-refractivity contribution >= 4 is 17.5 Å². The fourth-order valence-electron chi connectivity index (χ4n) is 1.91. The van der Waals surface area contributed by atoms with Crippen LogP contribution >= 0.6 is 0 Å². The Balaban J connectivity index is 2.86. The number of rotatable bonds is 6. The number of nitrogens with two attached hydrogens (primary N) is 1. The summed E-state index contributed by atoms with van der Waals surface area (Å²) >= 11 is 0. The van der Waals surface area contributed by atoms with E-state index >= 15 is 0 Å². The standard InChI is InChI=1S/C16H25N3O2/c1-5-16(17,6-2)15(21)19-13-9-7-8-12(10-13)14(20)18-11(3)4/h7-11H,5-6,17H2,1-4H3,(H,18,20)(H,19,21). The van der Waals surface area contributed by atoms with Crippen molar-refractivity contribution in [3.05, 3.63) is 29.8 Å². The lowest BCUT2D eigenvalue weighted by Gasteiger charge is -2.25. The highest BCUT2D eigenvalue weighted by molar-refractivity contribution is 6.00. The minimum atomic E-state index is -0.879. The number of benzene rings is 1. The molecule has 0 aliphatic rings. The SMILES string of the molecule is CCC(N)(CC)C(=O)Nc1cccc(C(=O)NC(C)C)c1. The lowest BCUT2D eigenvalue weighted by molar-refractivity contribution is -0.121. The van der Waals surface area contributed by atoms with Crippen molar-refractivity contribution in [2.45, 2.75) is 52.1 Å². The maximum Gasteiger partial charge on any atom is 0.251 e. The second kappa shape index (κ2) is 7.22. The lowest BCUT2D eigenvalue weighted by atomic mass is 9.93. The highest BCUT2D eigenvalue weighted by Gasteiger charge is 2.29. The molecule has 5 nitrogen and oxygen atoms in total. The van der Waals surface area contributed by atoms with Crippen molar-refractivity contribution in [2.24, 2.45) is 5.73 Å². The van der Waals surface area contributed by atoms with Gasteiger partial charge in [-0.05, 0) is 44.9 Å². The van der Waals surface area contributed by atoms with Crippen LogP contribution in [-0.2, 0) is 4.79 Å². The third-order valence-electron chi connectivity index (χ3n) is 3.52. The summed E-state index contributed by atoms with van der Waals surface area (Å²) in [6.45, 7) is 7.56. The molecule has 0 saturated carbocycles. The van der Waals surface area contributed by atoms with Gasteiger partial charge in [-0.1, -0.05) is 19.9 Å². The van der Waals surface area contributed by atoms with E-state index in [0.29, 0.717) is 24.1 Å². The Labute approximate surface area is 126 Å². The summed E-state index contributed by atoms with van der Waals surface area (Å²) in [6.07, 6.45) is 1.12. The number of amides is 2. The molecule has 1 aromatic rings. The topological polar surface area (TPSA) is 84.2 Å². The predicted molar refractivity (Wildman–Crippen MR) is 85.2 cm³/mol. The van der Waals surface area contributed by atoms with Gasteiger partial charge in [-0.15, -0.1) is 0 Å². The van der Waals surface area contributed by atoms with E-state index < -0.39 is 5.54 Å². The number of hydrogen-bond donors (Lipinski definition) is 3. The number of nitrogens with one attached hydrogen (secondary N) is 2. The molecule has 0 fully saturated rings. The smallest absolute Gasteiger partial charge is 0.251 e. The molecule has 0 unspecified atom stereocenters. The van der Waals surface area contributed by atoms with Gasteiger partial charge in [0.15, 0.2) is 0 Å². The van der Waals surface area contributed by atoms with E-state index in [-0.39, 0.29) is 17.9 Å². The van der Waals surface area contributed by atoms with Crippen LogP contribution in [0.25, 0.3) is 0 Å². The van der Waals surface area contributed by atoms with Crippen LogP contribution in [0.1, 0.15) is 50.9 Å². The number of anilines is 1. The second-order valence-electron chi connectivity index (χ2n) is 5.53. The maximum absolute atomic E-state index is 12.2. The molecule has 2 amide bonds. The van der Waals surface area contributed by atoms with Gasteiger partial charge >= 0.3 is 0 Å². The van der Waals surface area contributed by atoms with Gasteiger partial charge in [0.25, 0.3) is 5.91 Å². The van der Waals surface area contributed by atoms with Crippen LogP contribution in [0.5, 0.6) is 0 Å². The van der Waals surface area contributed by atoms with E-state index in [2.05, 4.69) is 10.6 Å². The van der Waals surface area contributed by atoms with Gasteiger partial charge in [0.2, 0.25) is 5.91 Å². The van der Waals surface area contributed by atoms with E-state index in [1.807, 2.05) is 27.7 Å². The Morgan fingerprint density at radius 1 is 1.24 bits per heavy atom. The van der Waals surface area contributed by atoms with Crippen molar-refractivity contribution in [1.29, 1.82) is 0 Å². The second-order valence-corrected chi connectivity index (χ2v) is 5.53. The average Bonchev–Trinajstić information content (AvgIpc) is 2.45. The van der Waals surface area contributed by atoms with E-state index in [9.17, 15) is 9.59 Å². The Hall–Kier alpha value is -1.88. The molecule has 0 heterocycles. The number of carbonyl (C=O) groups is 2. The zero-order valence-corrected chi connectivity index (χ0v) is 13.2. The van der Waals surface area contributed by atoms with Gasteiger partial charge in [-0.25, -0.2) is 0 Å². The van der Waals surface area contributed by atoms with Crippen molar-refractivity contribution < 1.29 is 9.59 Å². The van der Waals surface area contributed by atoms with Crippen LogP contribution < -0.4 is 16.4 Å². The molecule has 1 aromatic carbocycles. The van der Waals surface area contributed by atoms with Crippen molar-refractivity contribution in [1.82, 2.24) is 5.32 Å².